The fourth-order valence-electron chi connectivity index (χ4n) is 4.28. The summed E-state index contributed by atoms with van der Waals surface area (Å²) in [5.74, 6) is 1.06. The Kier molecular flexibility index (Phi) is 7.65. The Labute approximate surface area is 229 Å². The largest absolute Gasteiger partial charge is 0.490 e. The van der Waals surface area contributed by atoms with Crippen molar-refractivity contribution in [3.05, 3.63) is 117 Å². The van der Waals surface area contributed by atoms with E-state index in [0.717, 1.165) is 25.5 Å². The second-order valence-electron chi connectivity index (χ2n) is 8.42. The number of benzene rings is 5. The van der Waals surface area contributed by atoms with Crippen LogP contribution >= 0.6 is 22.6 Å². The molecule has 6 heteroatoms. The van der Waals surface area contributed by atoms with E-state index >= 15 is 0 Å². The van der Waals surface area contributed by atoms with Gasteiger partial charge in [0.2, 0.25) is 0 Å². The molecule has 0 aliphatic heterocycles. The lowest BCUT2D eigenvalue weighted by Crippen LogP contribution is -2.18. The topological polar surface area (TPSA) is 59.9 Å². The molecule has 0 bridgehead atoms. The summed E-state index contributed by atoms with van der Waals surface area (Å²) in [4.78, 5) is 12.8. The van der Waals surface area contributed by atoms with E-state index < -0.39 is 0 Å². The molecule has 0 fully saturated rings. The summed E-state index contributed by atoms with van der Waals surface area (Å²) in [5.41, 5.74) is 5.13. The molecule has 0 atom stereocenters. The number of halogens is 1. The van der Waals surface area contributed by atoms with Crippen molar-refractivity contribution in [1.82, 2.24) is 5.43 Å². The van der Waals surface area contributed by atoms with Gasteiger partial charge in [0.15, 0.2) is 11.5 Å². The molecular formula is C31H25IN2O3. The summed E-state index contributed by atoms with van der Waals surface area (Å²) in [7, 11) is 0. The van der Waals surface area contributed by atoms with E-state index in [2.05, 4.69) is 57.4 Å². The second-order valence-corrected chi connectivity index (χ2v) is 9.58. The monoisotopic (exact) mass is 600 g/mol. The first kappa shape index (κ1) is 24.8. The Balaban J connectivity index is 1.33. The van der Waals surface area contributed by atoms with Crippen molar-refractivity contribution in [3.63, 3.8) is 0 Å². The molecule has 184 valence electrons. The minimum atomic E-state index is -0.261. The number of amides is 1. The standard InChI is InChI=1S/C31H25IN2O3/c1-2-36-29-18-21(19-33-34-31(35)27-16-8-12-23-10-4-6-15-26(23)27)17-28(32)30(29)37-20-24-13-7-11-22-9-3-5-14-25(22)24/h3-19H,2,20H2,1H3,(H,34,35)/b33-19-. The van der Waals surface area contributed by atoms with Crippen molar-refractivity contribution in [2.24, 2.45) is 5.10 Å². The highest BCUT2D eigenvalue weighted by molar-refractivity contribution is 14.1. The Morgan fingerprint density at radius 2 is 1.54 bits per heavy atom. The summed E-state index contributed by atoms with van der Waals surface area (Å²) in [6.07, 6.45) is 1.61. The van der Waals surface area contributed by atoms with Gasteiger partial charge in [-0.1, -0.05) is 78.9 Å². The van der Waals surface area contributed by atoms with E-state index in [9.17, 15) is 4.79 Å². The van der Waals surface area contributed by atoms with Crippen LogP contribution < -0.4 is 14.9 Å². The summed E-state index contributed by atoms with van der Waals surface area (Å²) in [6.45, 7) is 2.86. The van der Waals surface area contributed by atoms with Crippen molar-refractivity contribution < 1.29 is 14.3 Å². The quantitative estimate of drug-likeness (QED) is 0.115. The molecule has 0 saturated carbocycles. The smallest absolute Gasteiger partial charge is 0.271 e. The summed E-state index contributed by atoms with van der Waals surface area (Å²) < 4.78 is 13.1. The van der Waals surface area contributed by atoms with Gasteiger partial charge in [-0.05, 0) is 80.4 Å². The summed E-state index contributed by atoms with van der Waals surface area (Å²) >= 11 is 2.24. The van der Waals surface area contributed by atoms with Gasteiger partial charge in [0.1, 0.15) is 6.61 Å². The Morgan fingerprint density at radius 3 is 2.32 bits per heavy atom. The van der Waals surface area contributed by atoms with Crippen LogP contribution in [0.25, 0.3) is 21.5 Å². The minimum Gasteiger partial charge on any atom is -0.490 e. The molecule has 0 unspecified atom stereocenters. The molecule has 0 saturated heterocycles. The van der Waals surface area contributed by atoms with Crippen LogP contribution in [0, 0.1) is 3.57 Å². The number of nitrogens with one attached hydrogen (secondary N) is 1. The van der Waals surface area contributed by atoms with Gasteiger partial charge in [-0.3, -0.25) is 4.79 Å². The SMILES string of the molecule is CCOc1cc(/C=N\NC(=O)c2cccc3ccccc23)cc(I)c1OCc1cccc2ccccc12. The van der Waals surface area contributed by atoms with Gasteiger partial charge in [-0.15, -0.1) is 0 Å². The Bertz CT molecular complexity index is 1600. The number of fused-ring (bicyclic) bond motifs is 2. The van der Waals surface area contributed by atoms with E-state index in [4.69, 9.17) is 9.47 Å². The van der Waals surface area contributed by atoms with Crippen LogP contribution in [0.5, 0.6) is 11.5 Å². The average Bonchev–Trinajstić information content (AvgIpc) is 2.92. The van der Waals surface area contributed by atoms with Gasteiger partial charge in [0.25, 0.3) is 5.91 Å². The summed E-state index contributed by atoms with van der Waals surface area (Å²) in [5, 5.41) is 8.45. The van der Waals surface area contributed by atoms with Crippen LogP contribution in [0.1, 0.15) is 28.4 Å². The molecule has 0 radical (unpaired) electrons. The molecule has 5 nitrogen and oxygen atoms in total. The Morgan fingerprint density at radius 1 is 0.865 bits per heavy atom. The first-order valence-corrected chi connectivity index (χ1v) is 13.1. The van der Waals surface area contributed by atoms with Crippen molar-refractivity contribution in [3.8, 4) is 11.5 Å². The second kappa shape index (κ2) is 11.4. The van der Waals surface area contributed by atoms with Crippen LogP contribution in [0.2, 0.25) is 0 Å². The fraction of sp³-hybridized carbons (Fsp3) is 0.0968. The first-order chi connectivity index (χ1) is 18.1. The number of hydrogen-bond donors (Lipinski definition) is 1. The molecule has 5 aromatic rings. The third-order valence-corrected chi connectivity index (χ3v) is 6.80. The van der Waals surface area contributed by atoms with Crippen molar-refractivity contribution >= 4 is 56.3 Å². The average molecular weight is 600 g/mol. The van der Waals surface area contributed by atoms with Gasteiger partial charge >= 0.3 is 0 Å². The maximum absolute atomic E-state index is 12.8. The molecule has 0 aliphatic carbocycles. The third kappa shape index (κ3) is 5.59. The number of nitrogens with zero attached hydrogens (tertiary/aromatic N) is 1. The van der Waals surface area contributed by atoms with Crippen LogP contribution in [-0.2, 0) is 6.61 Å². The van der Waals surface area contributed by atoms with Crippen molar-refractivity contribution in [2.45, 2.75) is 13.5 Å². The maximum atomic E-state index is 12.8. The molecule has 5 aromatic carbocycles. The molecule has 1 amide bonds. The molecule has 37 heavy (non-hydrogen) atoms. The number of rotatable bonds is 8. The molecule has 1 N–H and O–H groups in total. The van der Waals surface area contributed by atoms with Crippen LogP contribution in [-0.4, -0.2) is 18.7 Å². The first-order valence-electron chi connectivity index (χ1n) is 12.0. The lowest BCUT2D eigenvalue weighted by atomic mass is 10.0. The number of carbonyl (C=O) groups is 1. The predicted octanol–water partition coefficient (Wildman–Crippen LogP) is 7.34. The van der Waals surface area contributed by atoms with E-state index in [-0.39, 0.29) is 5.91 Å². The number of hydrazone groups is 1. The predicted molar refractivity (Wildman–Crippen MR) is 158 cm³/mol. The fourth-order valence-corrected chi connectivity index (χ4v) is 5.06. The van der Waals surface area contributed by atoms with Crippen LogP contribution in [0.3, 0.4) is 0 Å². The van der Waals surface area contributed by atoms with Crippen molar-refractivity contribution in [1.29, 1.82) is 0 Å². The summed E-state index contributed by atoms with van der Waals surface area (Å²) in [6, 6.07) is 31.8. The van der Waals surface area contributed by atoms with Gasteiger partial charge in [0, 0.05) is 5.56 Å². The molecule has 0 aliphatic rings. The Hall–Kier alpha value is -3.91. The highest BCUT2D eigenvalue weighted by Gasteiger charge is 2.13. The number of carbonyl (C=O) groups excluding carboxylic acids is 1. The molecular weight excluding hydrogens is 575 g/mol. The zero-order chi connectivity index (χ0) is 25.6. The highest BCUT2D eigenvalue weighted by atomic mass is 127. The lowest BCUT2D eigenvalue weighted by molar-refractivity contribution is 0.0957. The lowest BCUT2D eigenvalue weighted by Gasteiger charge is -2.15. The highest BCUT2D eigenvalue weighted by Crippen LogP contribution is 2.35. The number of ether oxygens (including phenoxy) is 2. The molecule has 0 heterocycles. The van der Waals surface area contributed by atoms with Gasteiger partial charge in [-0.25, -0.2) is 5.43 Å². The van der Waals surface area contributed by atoms with E-state index in [0.29, 0.717) is 30.3 Å². The zero-order valence-corrected chi connectivity index (χ0v) is 22.4. The maximum Gasteiger partial charge on any atom is 0.271 e. The van der Waals surface area contributed by atoms with Gasteiger partial charge in [0.05, 0.1) is 16.4 Å². The van der Waals surface area contributed by atoms with E-state index in [1.54, 1.807) is 12.3 Å². The molecule has 5 rings (SSSR count). The van der Waals surface area contributed by atoms with Crippen LogP contribution in [0.4, 0.5) is 0 Å². The normalized spacial score (nSPS) is 11.2. The van der Waals surface area contributed by atoms with E-state index in [1.165, 1.54) is 10.8 Å². The van der Waals surface area contributed by atoms with E-state index in [1.807, 2.05) is 73.7 Å². The molecule has 0 aromatic heterocycles. The van der Waals surface area contributed by atoms with Crippen molar-refractivity contribution in [2.75, 3.05) is 6.61 Å². The minimum absolute atomic E-state index is 0.261. The van der Waals surface area contributed by atoms with Crippen LogP contribution in [0.15, 0.2) is 102 Å². The molecule has 0 spiro atoms. The zero-order valence-electron chi connectivity index (χ0n) is 20.3. The third-order valence-electron chi connectivity index (χ3n) is 6.00. The number of hydrogen-bond acceptors (Lipinski definition) is 4. The van der Waals surface area contributed by atoms with Gasteiger partial charge < -0.3 is 9.47 Å². The van der Waals surface area contributed by atoms with Gasteiger partial charge in [-0.2, -0.15) is 5.10 Å².